The molecule has 1 fully saturated rings. The largest absolute Gasteiger partial charge is 0.387 e. The molecule has 0 saturated carbocycles. The molecule has 9 nitrogen and oxygen atoms in total. The van der Waals surface area contributed by atoms with Gasteiger partial charge in [0.1, 0.15) is 17.8 Å². The maximum atomic E-state index is 12.7. The third-order valence-corrected chi connectivity index (χ3v) is 6.33. The van der Waals surface area contributed by atoms with Gasteiger partial charge in [0.15, 0.2) is 0 Å². The van der Waals surface area contributed by atoms with Crippen LogP contribution in [0.25, 0.3) is 0 Å². The lowest BCUT2D eigenvalue weighted by Crippen LogP contribution is -2.49. The van der Waals surface area contributed by atoms with Crippen LogP contribution in [-0.4, -0.2) is 81.6 Å². The molecule has 2 aromatic rings. The predicted molar refractivity (Wildman–Crippen MR) is 125 cm³/mol. The van der Waals surface area contributed by atoms with Crippen molar-refractivity contribution in [2.24, 2.45) is 0 Å². The Morgan fingerprint density at radius 3 is 2.73 bits per heavy atom. The predicted octanol–water partition coefficient (Wildman–Crippen LogP) is 1.05. The number of anilines is 1. The number of nitrogens with one attached hydrogen (secondary N) is 2. The van der Waals surface area contributed by atoms with E-state index in [4.69, 9.17) is 0 Å². The number of β-amino-alcohol motifs (C(OH)–C–C–N with tert-alkyl or cyclic N) is 1. The second-order valence-electron chi connectivity index (χ2n) is 9.26. The summed E-state index contributed by atoms with van der Waals surface area (Å²) in [6, 6.07) is 10.2. The van der Waals surface area contributed by atoms with Gasteiger partial charge in [0.05, 0.1) is 5.60 Å². The van der Waals surface area contributed by atoms with Crippen molar-refractivity contribution in [1.82, 2.24) is 25.1 Å². The average Bonchev–Trinajstić information content (AvgIpc) is 2.83. The Morgan fingerprint density at radius 1 is 1.21 bits per heavy atom. The van der Waals surface area contributed by atoms with Crippen LogP contribution in [-0.2, 0) is 17.8 Å². The summed E-state index contributed by atoms with van der Waals surface area (Å²) in [6.45, 7) is 5.43. The number of aliphatic hydroxyl groups is 1. The zero-order chi connectivity index (χ0) is 23.3. The van der Waals surface area contributed by atoms with E-state index in [9.17, 15) is 14.7 Å². The summed E-state index contributed by atoms with van der Waals surface area (Å²) in [5.41, 5.74) is 1.84. The van der Waals surface area contributed by atoms with E-state index >= 15 is 0 Å². The van der Waals surface area contributed by atoms with Crippen molar-refractivity contribution in [2.45, 2.75) is 44.4 Å². The fraction of sp³-hybridized carbons (Fsp3) is 0.500. The molecular weight excluding hydrogens is 420 g/mol. The minimum absolute atomic E-state index is 0.126. The van der Waals surface area contributed by atoms with Crippen LogP contribution in [0.2, 0.25) is 0 Å². The maximum absolute atomic E-state index is 12.7. The average molecular weight is 453 g/mol. The van der Waals surface area contributed by atoms with Crippen LogP contribution in [0, 0.1) is 0 Å². The van der Waals surface area contributed by atoms with Crippen molar-refractivity contribution in [3.05, 3.63) is 53.5 Å². The summed E-state index contributed by atoms with van der Waals surface area (Å²) < 4.78 is 0. The van der Waals surface area contributed by atoms with Crippen molar-refractivity contribution in [3.8, 4) is 0 Å². The quantitative estimate of drug-likeness (QED) is 0.514. The van der Waals surface area contributed by atoms with Crippen LogP contribution < -0.4 is 10.6 Å². The number of nitrogens with zero attached hydrogens (tertiary/aromatic N) is 4. The normalized spacial score (nSPS) is 18.8. The van der Waals surface area contributed by atoms with Crippen molar-refractivity contribution < 1.29 is 14.7 Å². The third kappa shape index (κ3) is 6.27. The number of aromatic nitrogens is 2. The molecule has 1 atom stereocenters. The Hall–Kier alpha value is -3.04. The van der Waals surface area contributed by atoms with Crippen molar-refractivity contribution in [3.63, 3.8) is 0 Å². The summed E-state index contributed by atoms with van der Waals surface area (Å²) in [7, 11) is 0. The monoisotopic (exact) mass is 452 g/mol. The molecule has 176 valence electrons. The molecule has 0 radical (unpaired) electrons. The van der Waals surface area contributed by atoms with Gasteiger partial charge in [0.2, 0.25) is 6.41 Å². The van der Waals surface area contributed by atoms with E-state index in [1.165, 1.54) is 17.5 Å². The molecule has 2 aliphatic heterocycles. The summed E-state index contributed by atoms with van der Waals surface area (Å²) in [4.78, 5) is 35.8. The topological polar surface area (TPSA) is 111 Å². The van der Waals surface area contributed by atoms with E-state index in [0.29, 0.717) is 25.5 Å². The maximum Gasteiger partial charge on any atom is 0.270 e. The highest BCUT2D eigenvalue weighted by molar-refractivity contribution is 5.92. The van der Waals surface area contributed by atoms with Crippen molar-refractivity contribution in [1.29, 1.82) is 0 Å². The van der Waals surface area contributed by atoms with E-state index in [2.05, 4.69) is 43.7 Å². The highest BCUT2D eigenvalue weighted by Crippen LogP contribution is 2.20. The van der Waals surface area contributed by atoms with Gasteiger partial charge in [-0.1, -0.05) is 24.3 Å². The first-order valence-electron chi connectivity index (χ1n) is 11.5. The Balaban J connectivity index is 1.27. The van der Waals surface area contributed by atoms with Gasteiger partial charge in [-0.25, -0.2) is 9.97 Å². The summed E-state index contributed by atoms with van der Waals surface area (Å²) >= 11 is 0. The lowest BCUT2D eigenvalue weighted by Gasteiger charge is -2.34. The molecular formula is C24H32N6O3. The van der Waals surface area contributed by atoms with E-state index in [1.54, 1.807) is 17.9 Å². The van der Waals surface area contributed by atoms with Gasteiger partial charge in [-0.2, -0.15) is 0 Å². The minimum Gasteiger partial charge on any atom is -0.387 e. The van der Waals surface area contributed by atoms with Gasteiger partial charge in [-0.15, -0.1) is 0 Å². The van der Waals surface area contributed by atoms with Crippen LogP contribution >= 0.6 is 0 Å². The van der Waals surface area contributed by atoms with E-state index in [0.717, 1.165) is 38.8 Å². The van der Waals surface area contributed by atoms with E-state index < -0.39 is 5.60 Å². The molecule has 0 bridgehead atoms. The minimum atomic E-state index is -1.07. The molecule has 0 aliphatic carbocycles. The standard InChI is InChI=1S/C24H32N6O3/c1-24(33,15-30-9-6-18-4-2-3-5-19(18)13-30)14-25-23(32)21-12-22(27-16-26-21)28-20-7-10-29(17-31)11-8-20/h2-5,12,16-17,20,33H,6-11,13-15H2,1H3,(H,25,32)(H,26,27,28). The summed E-state index contributed by atoms with van der Waals surface area (Å²) in [6.07, 6.45) is 4.86. The van der Waals surface area contributed by atoms with Gasteiger partial charge in [-0.05, 0) is 37.3 Å². The van der Waals surface area contributed by atoms with Crippen molar-refractivity contribution in [2.75, 3.05) is 38.0 Å². The summed E-state index contributed by atoms with van der Waals surface area (Å²) in [5, 5.41) is 17.0. The van der Waals surface area contributed by atoms with Crippen LogP contribution in [0.1, 0.15) is 41.4 Å². The highest BCUT2D eigenvalue weighted by Gasteiger charge is 2.27. The Labute approximate surface area is 194 Å². The first-order chi connectivity index (χ1) is 15.9. The first-order valence-corrected chi connectivity index (χ1v) is 11.5. The molecule has 3 heterocycles. The molecule has 33 heavy (non-hydrogen) atoms. The van der Waals surface area contributed by atoms with Gasteiger partial charge >= 0.3 is 0 Å². The number of fused-ring (bicyclic) bond motifs is 1. The molecule has 9 heteroatoms. The first kappa shape index (κ1) is 23.1. The van der Waals surface area contributed by atoms with Crippen LogP contribution in [0.5, 0.6) is 0 Å². The van der Waals surface area contributed by atoms with E-state index in [-0.39, 0.29) is 24.2 Å². The Kier molecular flexibility index (Phi) is 7.20. The van der Waals surface area contributed by atoms with Crippen LogP contribution in [0.4, 0.5) is 5.82 Å². The molecule has 3 N–H and O–H groups in total. The fourth-order valence-corrected chi connectivity index (χ4v) is 4.51. The number of piperidine rings is 1. The molecule has 1 unspecified atom stereocenters. The molecule has 1 aromatic carbocycles. The number of rotatable bonds is 8. The number of hydrogen-bond donors (Lipinski definition) is 3. The lowest BCUT2D eigenvalue weighted by atomic mass is 9.98. The Bertz CT molecular complexity index is 974. The smallest absolute Gasteiger partial charge is 0.270 e. The molecule has 1 aromatic heterocycles. The van der Waals surface area contributed by atoms with Gasteiger partial charge in [0.25, 0.3) is 5.91 Å². The fourth-order valence-electron chi connectivity index (χ4n) is 4.51. The third-order valence-electron chi connectivity index (χ3n) is 6.33. The number of carbonyl (C=O) groups excluding carboxylic acids is 2. The molecule has 4 rings (SSSR count). The zero-order valence-electron chi connectivity index (χ0n) is 19.0. The van der Waals surface area contributed by atoms with Crippen LogP contribution in [0.3, 0.4) is 0 Å². The number of hydrogen-bond acceptors (Lipinski definition) is 7. The number of amides is 2. The number of benzene rings is 1. The van der Waals surface area contributed by atoms with Gasteiger partial charge < -0.3 is 20.6 Å². The van der Waals surface area contributed by atoms with Gasteiger partial charge in [-0.3, -0.25) is 14.5 Å². The highest BCUT2D eigenvalue weighted by atomic mass is 16.3. The molecule has 2 amide bonds. The van der Waals surface area contributed by atoms with Crippen LogP contribution in [0.15, 0.2) is 36.7 Å². The SMILES string of the molecule is CC(O)(CNC(=O)c1cc(NC2CCN(C=O)CC2)ncn1)CN1CCc2ccccc2C1. The summed E-state index contributed by atoms with van der Waals surface area (Å²) in [5.74, 6) is 0.235. The van der Waals surface area contributed by atoms with Crippen molar-refractivity contribution >= 4 is 18.1 Å². The molecule has 2 aliphatic rings. The van der Waals surface area contributed by atoms with E-state index in [1.807, 2.05) is 6.07 Å². The lowest BCUT2D eigenvalue weighted by molar-refractivity contribution is -0.118. The molecule has 0 spiro atoms. The second-order valence-corrected chi connectivity index (χ2v) is 9.26. The number of likely N-dealkylation sites (tertiary alicyclic amines) is 1. The Morgan fingerprint density at radius 2 is 1.97 bits per heavy atom. The molecule has 1 saturated heterocycles. The zero-order valence-corrected chi connectivity index (χ0v) is 19.0. The van der Waals surface area contributed by atoms with Gasteiger partial charge in [0, 0.05) is 51.4 Å². The second kappa shape index (κ2) is 10.3. The number of carbonyl (C=O) groups is 2.